The van der Waals surface area contributed by atoms with Gasteiger partial charge in [0.15, 0.2) is 0 Å². The Hall–Kier alpha value is -1.42. The number of hydrogen-bond donors (Lipinski definition) is 2. The zero-order valence-corrected chi connectivity index (χ0v) is 11.7. The zero-order chi connectivity index (χ0) is 14.4. The van der Waals surface area contributed by atoms with Crippen LogP contribution in [0.4, 0.5) is 4.39 Å². The first-order valence-corrected chi connectivity index (χ1v) is 7.31. The Labute approximate surface area is 119 Å². The van der Waals surface area contributed by atoms with Crippen LogP contribution in [0.15, 0.2) is 24.3 Å². The number of benzene rings is 1. The second-order valence-electron chi connectivity index (χ2n) is 5.72. The third kappa shape index (κ3) is 4.60. The van der Waals surface area contributed by atoms with Gasteiger partial charge >= 0.3 is 0 Å². The molecule has 20 heavy (non-hydrogen) atoms. The van der Waals surface area contributed by atoms with Crippen molar-refractivity contribution in [2.24, 2.45) is 0 Å². The molecular weight excluding hydrogens is 257 g/mol. The molecule has 0 spiro atoms. The molecule has 2 rings (SSSR count). The molecule has 0 radical (unpaired) electrons. The van der Waals surface area contributed by atoms with Crippen molar-refractivity contribution in [2.75, 3.05) is 6.54 Å². The van der Waals surface area contributed by atoms with Gasteiger partial charge in [-0.05, 0) is 30.5 Å². The van der Waals surface area contributed by atoms with Gasteiger partial charge < -0.3 is 10.4 Å². The van der Waals surface area contributed by atoms with Gasteiger partial charge in [0.05, 0.1) is 12.0 Å². The molecule has 110 valence electrons. The number of amides is 1. The van der Waals surface area contributed by atoms with Crippen LogP contribution in [0.2, 0.25) is 0 Å². The lowest BCUT2D eigenvalue weighted by molar-refractivity contribution is -0.121. The quantitative estimate of drug-likeness (QED) is 0.832. The summed E-state index contributed by atoms with van der Waals surface area (Å²) < 4.78 is 12.8. The second-order valence-corrected chi connectivity index (χ2v) is 5.72. The molecule has 1 aromatic rings. The van der Waals surface area contributed by atoms with Gasteiger partial charge in [0.2, 0.25) is 5.91 Å². The highest BCUT2D eigenvalue weighted by Crippen LogP contribution is 2.26. The molecule has 2 N–H and O–H groups in total. The highest BCUT2D eigenvalue weighted by Gasteiger charge is 2.28. The predicted molar refractivity (Wildman–Crippen MR) is 75.8 cm³/mol. The highest BCUT2D eigenvalue weighted by molar-refractivity contribution is 5.78. The van der Waals surface area contributed by atoms with Crippen LogP contribution in [0.1, 0.15) is 44.1 Å². The van der Waals surface area contributed by atoms with Crippen molar-refractivity contribution in [1.29, 1.82) is 0 Å². The van der Waals surface area contributed by atoms with Gasteiger partial charge in [-0.15, -0.1) is 0 Å². The Kier molecular flexibility index (Phi) is 5.12. The van der Waals surface area contributed by atoms with E-state index in [0.717, 1.165) is 44.1 Å². The molecule has 0 heterocycles. The minimum atomic E-state index is -0.755. The monoisotopic (exact) mass is 279 g/mol. The molecule has 0 saturated heterocycles. The molecule has 0 atom stereocenters. The van der Waals surface area contributed by atoms with Gasteiger partial charge in [-0.2, -0.15) is 0 Å². The number of aliphatic hydroxyl groups is 1. The summed E-state index contributed by atoms with van der Waals surface area (Å²) in [5.74, 6) is -0.434. The number of halogens is 1. The fourth-order valence-corrected chi connectivity index (χ4v) is 2.68. The summed E-state index contributed by atoms with van der Waals surface area (Å²) in [4.78, 5) is 11.9. The molecule has 1 aromatic carbocycles. The molecule has 0 bridgehead atoms. The van der Waals surface area contributed by atoms with E-state index < -0.39 is 5.60 Å². The van der Waals surface area contributed by atoms with Gasteiger partial charge in [-0.1, -0.05) is 37.8 Å². The van der Waals surface area contributed by atoms with Crippen molar-refractivity contribution in [2.45, 2.75) is 50.5 Å². The maximum atomic E-state index is 12.8. The van der Waals surface area contributed by atoms with Crippen LogP contribution in [-0.4, -0.2) is 23.2 Å². The van der Waals surface area contributed by atoms with Crippen molar-refractivity contribution in [3.05, 3.63) is 35.6 Å². The molecular formula is C16H22FNO2. The van der Waals surface area contributed by atoms with Crippen molar-refractivity contribution >= 4 is 5.91 Å². The number of rotatable bonds is 4. The molecule has 1 amide bonds. The maximum absolute atomic E-state index is 12.8. The number of carbonyl (C=O) groups excluding carboxylic acids is 1. The maximum Gasteiger partial charge on any atom is 0.224 e. The second kappa shape index (κ2) is 6.84. The van der Waals surface area contributed by atoms with Crippen LogP contribution in [0.5, 0.6) is 0 Å². The van der Waals surface area contributed by atoms with Crippen LogP contribution >= 0.6 is 0 Å². The summed E-state index contributed by atoms with van der Waals surface area (Å²) >= 11 is 0. The SMILES string of the molecule is O=C(Cc1ccc(F)cc1)NCC1(O)CCCCCC1. The minimum Gasteiger partial charge on any atom is -0.388 e. The Morgan fingerprint density at radius 2 is 1.75 bits per heavy atom. The van der Waals surface area contributed by atoms with E-state index in [4.69, 9.17) is 0 Å². The van der Waals surface area contributed by atoms with Gasteiger partial charge in [0.25, 0.3) is 0 Å². The first-order valence-electron chi connectivity index (χ1n) is 7.31. The molecule has 4 heteroatoms. The third-order valence-corrected chi connectivity index (χ3v) is 3.93. The first-order chi connectivity index (χ1) is 9.57. The Morgan fingerprint density at radius 1 is 1.15 bits per heavy atom. The summed E-state index contributed by atoms with van der Waals surface area (Å²) in [6, 6.07) is 5.91. The molecule has 1 aliphatic rings. The molecule has 0 unspecified atom stereocenters. The number of carbonyl (C=O) groups is 1. The van der Waals surface area contributed by atoms with Crippen molar-refractivity contribution < 1.29 is 14.3 Å². The van der Waals surface area contributed by atoms with E-state index >= 15 is 0 Å². The average molecular weight is 279 g/mol. The average Bonchev–Trinajstić information content (AvgIpc) is 2.65. The van der Waals surface area contributed by atoms with Crippen LogP contribution < -0.4 is 5.32 Å². The van der Waals surface area contributed by atoms with Crippen LogP contribution in [0.3, 0.4) is 0 Å². The minimum absolute atomic E-state index is 0.130. The third-order valence-electron chi connectivity index (χ3n) is 3.93. The Morgan fingerprint density at radius 3 is 2.35 bits per heavy atom. The lowest BCUT2D eigenvalue weighted by Gasteiger charge is -2.26. The van der Waals surface area contributed by atoms with Crippen molar-refractivity contribution in [3.63, 3.8) is 0 Å². The van der Waals surface area contributed by atoms with E-state index in [0.29, 0.717) is 6.54 Å². The fourth-order valence-electron chi connectivity index (χ4n) is 2.68. The standard InChI is InChI=1S/C16H22FNO2/c17-14-7-5-13(6-8-14)11-15(19)18-12-16(20)9-3-1-2-4-10-16/h5-8,20H,1-4,9-12H2,(H,18,19). The topological polar surface area (TPSA) is 49.3 Å². The Bertz CT molecular complexity index is 436. The summed E-state index contributed by atoms with van der Waals surface area (Å²) in [6.45, 7) is 0.313. The van der Waals surface area contributed by atoms with Gasteiger partial charge in [-0.25, -0.2) is 4.39 Å². The smallest absolute Gasteiger partial charge is 0.224 e. The molecule has 1 fully saturated rings. The molecule has 3 nitrogen and oxygen atoms in total. The van der Waals surface area contributed by atoms with Gasteiger partial charge in [-0.3, -0.25) is 4.79 Å². The predicted octanol–water partition coefficient (Wildman–Crippen LogP) is 2.57. The lowest BCUT2D eigenvalue weighted by Crippen LogP contribution is -2.43. The summed E-state index contributed by atoms with van der Waals surface area (Å²) in [5, 5.41) is 13.2. The van der Waals surface area contributed by atoms with Crippen molar-refractivity contribution in [3.8, 4) is 0 Å². The van der Waals surface area contributed by atoms with E-state index in [1.807, 2.05) is 0 Å². The normalized spacial score (nSPS) is 18.3. The van der Waals surface area contributed by atoms with Crippen LogP contribution in [0.25, 0.3) is 0 Å². The number of nitrogens with one attached hydrogen (secondary N) is 1. The fraction of sp³-hybridized carbons (Fsp3) is 0.562. The van der Waals surface area contributed by atoms with Crippen molar-refractivity contribution in [1.82, 2.24) is 5.32 Å². The highest BCUT2D eigenvalue weighted by atomic mass is 19.1. The molecule has 0 aromatic heterocycles. The Balaban J connectivity index is 1.80. The summed E-state index contributed by atoms with van der Waals surface area (Å²) in [6.07, 6.45) is 6.08. The number of hydrogen-bond acceptors (Lipinski definition) is 2. The van der Waals surface area contributed by atoms with Gasteiger partial charge in [0, 0.05) is 6.54 Å². The molecule has 1 aliphatic carbocycles. The van der Waals surface area contributed by atoms with E-state index in [1.54, 1.807) is 12.1 Å². The van der Waals surface area contributed by atoms with Crippen LogP contribution in [-0.2, 0) is 11.2 Å². The summed E-state index contributed by atoms with van der Waals surface area (Å²) in [5.41, 5.74) is 0.0198. The van der Waals surface area contributed by atoms with Crippen LogP contribution in [0, 0.1) is 5.82 Å². The first kappa shape index (κ1) is 15.0. The van der Waals surface area contributed by atoms with E-state index in [9.17, 15) is 14.3 Å². The summed E-state index contributed by atoms with van der Waals surface area (Å²) in [7, 11) is 0. The van der Waals surface area contributed by atoms with Gasteiger partial charge in [0.1, 0.15) is 5.82 Å². The molecule has 0 aliphatic heterocycles. The molecule has 1 saturated carbocycles. The largest absolute Gasteiger partial charge is 0.388 e. The van der Waals surface area contributed by atoms with E-state index in [1.165, 1.54) is 12.1 Å². The lowest BCUT2D eigenvalue weighted by atomic mass is 9.94. The van der Waals surface area contributed by atoms with E-state index in [-0.39, 0.29) is 18.1 Å². The van der Waals surface area contributed by atoms with E-state index in [2.05, 4.69) is 5.32 Å². The zero-order valence-electron chi connectivity index (χ0n) is 11.7.